The molecule has 9 unspecified atom stereocenters. The summed E-state index contributed by atoms with van der Waals surface area (Å²) in [6.07, 6.45) is 3.14. The number of aliphatic hydroxyl groups is 1. The van der Waals surface area contributed by atoms with E-state index in [1.54, 1.807) is 13.8 Å². The maximum absolute atomic E-state index is 14.6. The Kier molecular flexibility index (Phi) is 23.9. The fourth-order valence-electron chi connectivity index (χ4n) is 12.2. The molecule has 0 spiro atoms. The van der Waals surface area contributed by atoms with Crippen LogP contribution in [0, 0.1) is 107 Å². The second kappa shape index (κ2) is 29.7. The highest BCUT2D eigenvalue weighted by Crippen LogP contribution is 2.49. The van der Waals surface area contributed by atoms with Crippen molar-refractivity contribution < 1.29 is 57.5 Å². The Labute approximate surface area is 513 Å². The Hall–Kier alpha value is -7.32. The van der Waals surface area contributed by atoms with Gasteiger partial charge in [-0.2, -0.15) is 31.6 Å². The van der Waals surface area contributed by atoms with Gasteiger partial charge in [0.25, 0.3) is 0 Å². The molecule has 0 amide bonds. The summed E-state index contributed by atoms with van der Waals surface area (Å²) < 4.78 is 36.4. The van der Waals surface area contributed by atoms with E-state index >= 15 is 0 Å². The van der Waals surface area contributed by atoms with Crippen molar-refractivity contribution in [3.8, 4) is 36.4 Å². The van der Waals surface area contributed by atoms with Gasteiger partial charge in [0.2, 0.25) is 0 Å². The number of aliphatic hydroxyl groups excluding tert-OH is 1. The van der Waals surface area contributed by atoms with Gasteiger partial charge < -0.3 is 41.5 Å². The van der Waals surface area contributed by atoms with Gasteiger partial charge in [-0.15, -0.1) is 0 Å². The Balaban J connectivity index is 1.52. The number of rotatable bonds is 24. The molecule has 22 heteroatoms. The number of carbonyl (C=O) groups excluding carboxylic acids is 5. The average molecular weight is 1280 g/mol. The van der Waals surface area contributed by atoms with Crippen LogP contribution in [0.2, 0.25) is 0 Å². The van der Waals surface area contributed by atoms with E-state index in [9.17, 15) is 60.7 Å². The average Bonchev–Trinajstić information content (AvgIpc) is 4.16. The summed E-state index contributed by atoms with van der Waals surface area (Å²) in [5, 5.41) is 76.6. The molecule has 2 aliphatic heterocycles. The molecule has 5 aliphatic rings. The van der Waals surface area contributed by atoms with Crippen LogP contribution in [0.5, 0.6) is 0 Å². The molecular weight excluding hydrogens is 1200 g/mol. The smallest absolute Gasteiger partial charge is 0.349 e. The van der Waals surface area contributed by atoms with E-state index < -0.39 is 125 Å². The first-order valence-electron chi connectivity index (χ1n) is 28.5. The van der Waals surface area contributed by atoms with Crippen LogP contribution in [0.25, 0.3) is 0 Å². The second-order valence-electron chi connectivity index (χ2n) is 25.0. The lowest BCUT2D eigenvalue weighted by Gasteiger charge is -2.47. The van der Waals surface area contributed by atoms with Gasteiger partial charge in [-0.05, 0) is 85.7 Å². The van der Waals surface area contributed by atoms with Gasteiger partial charge in [-0.25, -0.2) is 19.2 Å². The first kappa shape index (κ1) is 68.5. The minimum atomic E-state index is -2.00. The minimum Gasteiger partial charge on any atom is -0.464 e. The summed E-state index contributed by atoms with van der Waals surface area (Å²) in [5.41, 5.74) is -2.15. The third-order valence-corrected chi connectivity index (χ3v) is 17.7. The van der Waals surface area contributed by atoms with Gasteiger partial charge in [0.05, 0.1) is 76.2 Å². The topological polar surface area (TPSA) is 313 Å². The maximum Gasteiger partial charge on any atom is 0.349 e. The molecule has 0 aromatic carbocycles. The van der Waals surface area contributed by atoms with Crippen LogP contribution in [0.4, 0.5) is 0 Å². The molecule has 5 rings (SSSR count). The molecule has 0 aromatic heterocycles. The molecule has 9 atom stereocenters. The van der Waals surface area contributed by atoms with Crippen LogP contribution in [-0.2, 0) is 52.4 Å². The number of halogens is 1. The van der Waals surface area contributed by atoms with E-state index in [1.807, 2.05) is 55.6 Å². The molecular formula is C63H78IN9O12. The number of hydrogen-bond donors (Lipinski definition) is 1. The number of carbonyl (C=O) groups is 5. The van der Waals surface area contributed by atoms with Gasteiger partial charge in [-0.1, -0.05) is 68.2 Å². The zero-order chi connectivity index (χ0) is 63.2. The highest BCUT2D eigenvalue weighted by Gasteiger charge is 2.51. The number of esters is 5. The van der Waals surface area contributed by atoms with Crippen LogP contribution in [0.1, 0.15) is 120 Å². The molecule has 0 bridgehead atoms. The van der Waals surface area contributed by atoms with Crippen molar-refractivity contribution in [2.24, 2.45) is 39.4 Å². The van der Waals surface area contributed by atoms with Gasteiger partial charge in [0, 0.05) is 80.6 Å². The maximum atomic E-state index is 14.6. The standard InChI is InChI=1S/C63H78IN9O12/c1-12-54(74)83-39(5)16-21-73(64)53-27-62(10,11)24-44(47(53)30-67)50(33-70)59(79)82-38-63(15-4,36-80-57(77)48(31-68)42-22-60(6,7)25-51(45(42)28-65)71-19-17-40(34-71)84-55(75)13-2)37-81-58(78)49(32-69)43-23-61(8,9)26-52(46(43)29-66)72-20-18-41(35-72)85-56(76)14-3/h12-14,39-42,45,48,51,59,79H,1-3,15-27,34-38H2,4-11H3/b49-43+,50-44+. The number of ether oxygens (including phenoxy) is 6. The predicted octanol–water partition coefficient (Wildman–Crippen LogP) is 8.49. The second-order valence-corrected chi connectivity index (χ2v) is 26.2. The molecule has 454 valence electrons. The molecule has 1 N–H and O–H groups in total. The summed E-state index contributed by atoms with van der Waals surface area (Å²) >= 11 is 2.06. The Morgan fingerprint density at radius 2 is 1.38 bits per heavy atom. The van der Waals surface area contributed by atoms with Crippen molar-refractivity contribution in [2.75, 3.05) is 52.5 Å². The SMILES string of the molecule is C=CC(=O)OC(C)CCN(I)C1=C(C#N)/C(=C(\C#N)C(O)OCC(CC)(COC(=O)/C(C#N)=C2\CC(C)(C)CC(N3CCC(OC(=O)C=C)C3)=C2C#N)COC(=O)C(C#N)C2CC(C)(C)CC(N3CCC(OC(=O)C=C)C3)C2C#N)CC(C)(C)C1. The molecule has 3 aliphatic carbocycles. The van der Waals surface area contributed by atoms with E-state index in [-0.39, 0.29) is 53.7 Å². The largest absolute Gasteiger partial charge is 0.464 e. The van der Waals surface area contributed by atoms with E-state index in [2.05, 4.69) is 77.8 Å². The summed E-state index contributed by atoms with van der Waals surface area (Å²) in [7, 11) is 0. The van der Waals surface area contributed by atoms with Gasteiger partial charge >= 0.3 is 29.8 Å². The zero-order valence-electron chi connectivity index (χ0n) is 50.0. The van der Waals surface area contributed by atoms with Crippen LogP contribution in [0.3, 0.4) is 0 Å². The number of hydrogen-bond acceptors (Lipinski definition) is 21. The fourth-order valence-corrected chi connectivity index (χ4v) is 12.8. The molecule has 21 nitrogen and oxygen atoms in total. The summed E-state index contributed by atoms with van der Waals surface area (Å²) in [4.78, 5) is 69.1. The normalized spacial score (nSPS) is 25.4. The van der Waals surface area contributed by atoms with E-state index in [0.29, 0.717) is 82.5 Å². The molecule has 1 saturated carbocycles. The van der Waals surface area contributed by atoms with Crippen LogP contribution < -0.4 is 0 Å². The molecule has 0 radical (unpaired) electrons. The summed E-state index contributed by atoms with van der Waals surface area (Å²) in [6.45, 7) is 25.6. The van der Waals surface area contributed by atoms with Crippen molar-refractivity contribution in [1.82, 2.24) is 12.9 Å². The van der Waals surface area contributed by atoms with E-state index in [0.717, 1.165) is 18.2 Å². The van der Waals surface area contributed by atoms with Crippen LogP contribution >= 0.6 is 22.9 Å². The van der Waals surface area contributed by atoms with Crippen molar-refractivity contribution in [3.05, 3.63) is 82.8 Å². The highest BCUT2D eigenvalue weighted by molar-refractivity contribution is 14.1. The summed E-state index contributed by atoms with van der Waals surface area (Å²) in [5.74, 6) is -6.95. The lowest BCUT2D eigenvalue weighted by molar-refractivity contribution is -0.167. The van der Waals surface area contributed by atoms with Crippen molar-refractivity contribution >= 4 is 52.7 Å². The minimum absolute atomic E-state index is 0.00172. The molecule has 0 aromatic rings. The highest BCUT2D eigenvalue weighted by atomic mass is 127. The quantitative estimate of drug-likeness (QED) is 0.0180. The molecule has 85 heavy (non-hydrogen) atoms. The summed E-state index contributed by atoms with van der Waals surface area (Å²) in [6, 6.07) is 12.6. The third-order valence-electron chi connectivity index (χ3n) is 16.6. The van der Waals surface area contributed by atoms with Crippen molar-refractivity contribution in [1.29, 1.82) is 31.6 Å². The number of nitriles is 6. The monoisotopic (exact) mass is 1280 g/mol. The Bertz CT molecular complexity index is 3030. The van der Waals surface area contributed by atoms with Crippen LogP contribution in [-0.4, -0.2) is 131 Å². The Morgan fingerprint density at radius 1 is 0.776 bits per heavy atom. The zero-order valence-corrected chi connectivity index (χ0v) is 52.2. The fraction of sp³-hybridized carbons (Fsp3) is 0.603. The molecule has 2 heterocycles. The number of nitrogens with zero attached hydrogens (tertiary/aromatic N) is 9. The van der Waals surface area contributed by atoms with E-state index in [1.165, 1.54) is 0 Å². The molecule has 3 fully saturated rings. The predicted molar refractivity (Wildman–Crippen MR) is 315 cm³/mol. The third kappa shape index (κ3) is 17.4. The van der Waals surface area contributed by atoms with Crippen molar-refractivity contribution in [2.45, 2.75) is 150 Å². The van der Waals surface area contributed by atoms with Crippen LogP contribution in [0.15, 0.2) is 82.8 Å². The van der Waals surface area contributed by atoms with Crippen molar-refractivity contribution in [3.63, 3.8) is 0 Å². The first-order chi connectivity index (χ1) is 40.1. The van der Waals surface area contributed by atoms with Gasteiger partial charge in [0.1, 0.15) is 67.3 Å². The van der Waals surface area contributed by atoms with Gasteiger partial charge in [-0.3, -0.25) is 9.69 Å². The number of allylic oxidation sites excluding steroid dienone is 6. The number of likely N-dealkylation sites (tertiary alicyclic amines) is 2. The van der Waals surface area contributed by atoms with Gasteiger partial charge in [0.15, 0.2) is 6.29 Å². The Morgan fingerprint density at radius 3 is 1.95 bits per heavy atom. The lowest BCUT2D eigenvalue weighted by Crippen LogP contribution is -2.51. The molecule has 2 saturated heterocycles. The first-order valence-corrected chi connectivity index (χ1v) is 29.5. The van der Waals surface area contributed by atoms with E-state index in [4.69, 9.17) is 28.4 Å². The lowest BCUT2D eigenvalue weighted by atomic mass is 9.61.